The Hall–Kier alpha value is -3.01. The number of hydrogen-bond donors (Lipinski definition) is 2. The number of aliphatic hydroxyl groups is 1. The molecule has 0 fully saturated rings. The molecule has 0 saturated carbocycles. The van der Waals surface area contributed by atoms with Crippen LogP contribution in [0.2, 0.25) is 0 Å². The molecule has 0 saturated heterocycles. The van der Waals surface area contributed by atoms with E-state index in [9.17, 15) is 23.1 Å². The summed E-state index contributed by atoms with van der Waals surface area (Å²) in [7, 11) is -4.03. The Kier molecular flexibility index (Phi) is 6.89. The fourth-order valence-corrected chi connectivity index (χ4v) is 4.61. The maximum Gasteiger partial charge on any atom is 0.338 e. The van der Waals surface area contributed by atoms with Crippen molar-refractivity contribution in [1.82, 2.24) is 9.29 Å². The minimum absolute atomic E-state index is 0.0536. The highest BCUT2D eigenvalue weighted by atomic mass is 32.2. The fourth-order valence-electron chi connectivity index (χ4n) is 3.20. The molecule has 3 rings (SSSR count). The molecule has 31 heavy (non-hydrogen) atoms. The largest absolute Gasteiger partial charge is 0.462 e. The molecule has 0 spiro atoms. The lowest BCUT2D eigenvalue weighted by Crippen LogP contribution is -2.35. The summed E-state index contributed by atoms with van der Waals surface area (Å²) in [6, 6.07) is 12.6. The molecule has 1 aromatic heterocycles. The first-order chi connectivity index (χ1) is 14.8. The van der Waals surface area contributed by atoms with Crippen molar-refractivity contribution in [2.45, 2.75) is 25.3 Å². The van der Waals surface area contributed by atoms with Gasteiger partial charge in [-0.3, -0.25) is 4.79 Å². The standard InChI is InChI=1S/C22H24N2O6S/c1-3-30-22(27)16-5-7-19(8-6-16)31(28,29)24(10-11-25)14-18-13-17-12-15(2)4-9-20(17)23-21(18)26/h4-9,12-13,25H,3,10-11,14H2,1-2H3,(H,23,26). The highest BCUT2D eigenvalue weighted by Crippen LogP contribution is 2.20. The van der Waals surface area contributed by atoms with Gasteiger partial charge in [0.25, 0.3) is 5.56 Å². The normalized spacial score (nSPS) is 11.7. The van der Waals surface area contributed by atoms with Gasteiger partial charge in [-0.1, -0.05) is 11.6 Å². The quantitative estimate of drug-likeness (QED) is 0.515. The molecule has 9 heteroatoms. The molecule has 0 atom stereocenters. The Labute approximate surface area is 180 Å². The van der Waals surface area contributed by atoms with E-state index < -0.39 is 28.2 Å². The monoisotopic (exact) mass is 444 g/mol. The SMILES string of the molecule is CCOC(=O)c1ccc(S(=O)(=O)N(CCO)Cc2cc3cc(C)ccc3[nH]c2=O)cc1. The smallest absolute Gasteiger partial charge is 0.338 e. The van der Waals surface area contributed by atoms with Gasteiger partial charge in [-0.25, -0.2) is 13.2 Å². The summed E-state index contributed by atoms with van der Waals surface area (Å²) in [5.41, 5.74) is 1.76. The molecule has 0 aliphatic rings. The van der Waals surface area contributed by atoms with E-state index in [1.54, 1.807) is 19.1 Å². The van der Waals surface area contributed by atoms with Crippen molar-refractivity contribution in [3.05, 3.63) is 75.6 Å². The summed E-state index contributed by atoms with van der Waals surface area (Å²) >= 11 is 0. The number of fused-ring (bicyclic) bond motifs is 1. The van der Waals surface area contributed by atoms with E-state index in [2.05, 4.69) is 4.98 Å². The van der Waals surface area contributed by atoms with Gasteiger partial charge in [0.2, 0.25) is 10.0 Å². The van der Waals surface area contributed by atoms with E-state index in [0.717, 1.165) is 15.3 Å². The van der Waals surface area contributed by atoms with Gasteiger partial charge in [0.1, 0.15) is 0 Å². The molecular formula is C22H24N2O6S. The minimum Gasteiger partial charge on any atom is -0.462 e. The number of pyridine rings is 1. The molecule has 0 aliphatic carbocycles. The van der Waals surface area contributed by atoms with Crippen LogP contribution < -0.4 is 5.56 Å². The number of benzene rings is 2. The highest BCUT2D eigenvalue weighted by molar-refractivity contribution is 7.89. The number of ether oxygens (including phenoxy) is 1. The first kappa shape index (κ1) is 22.7. The molecule has 8 nitrogen and oxygen atoms in total. The molecule has 1 heterocycles. The number of aliphatic hydroxyl groups excluding tert-OH is 1. The molecule has 2 N–H and O–H groups in total. The third-order valence-electron chi connectivity index (χ3n) is 4.78. The van der Waals surface area contributed by atoms with Crippen LogP contribution in [0.25, 0.3) is 10.9 Å². The molecule has 0 unspecified atom stereocenters. The molecule has 0 amide bonds. The Morgan fingerprint density at radius 2 is 1.84 bits per heavy atom. The molecule has 164 valence electrons. The average molecular weight is 445 g/mol. The van der Waals surface area contributed by atoms with Gasteiger partial charge >= 0.3 is 5.97 Å². The lowest BCUT2D eigenvalue weighted by atomic mass is 10.1. The second kappa shape index (κ2) is 9.42. The highest BCUT2D eigenvalue weighted by Gasteiger charge is 2.25. The van der Waals surface area contributed by atoms with Gasteiger partial charge in [-0.2, -0.15) is 4.31 Å². The number of H-pyrrole nitrogens is 1. The molecule has 2 aromatic carbocycles. The second-order valence-corrected chi connectivity index (χ2v) is 8.96. The van der Waals surface area contributed by atoms with E-state index in [-0.39, 0.29) is 35.7 Å². The Bertz CT molecular complexity index is 1250. The number of sulfonamides is 1. The van der Waals surface area contributed by atoms with Crippen LogP contribution >= 0.6 is 0 Å². The van der Waals surface area contributed by atoms with Gasteiger partial charge in [0.05, 0.1) is 23.7 Å². The Morgan fingerprint density at radius 3 is 2.48 bits per heavy atom. The fraction of sp³-hybridized carbons (Fsp3) is 0.273. The summed E-state index contributed by atoms with van der Waals surface area (Å²) in [6.07, 6.45) is 0. The number of carbonyl (C=O) groups is 1. The molecule has 3 aromatic rings. The number of aromatic nitrogens is 1. The maximum absolute atomic E-state index is 13.1. The van der Waals surface area contributed by atoms with Crippen LogP contribution in [0.1, 0.15) is 28.4 Å². The van der Waals surface area contributed by atoms with Crippen molar-refractivity contribution in [3.63, 3.8) is 0 Å². The van der Waals surface area contributed by atoms with Crippen LogP contribution in [0.3, 0.4) is 0 Å². The molecule has 0 radical (unpaired) electrons. The predicted molar refractivity (Wildman–Crippen MR) is 116 cm³/mol. The van der Waals surface area contributed by atoms with E-state index in [4.69, 9.17) is 4.74 Å². The van der Waals surface area contributed by atoms with Crippen LogP contribution in [0, 0.1) is 6.92 Å². The van der Waals surface area contributed by atoms with Gasteiger partial charge in [0, 0.05) is 24.2 Å². The number of aryl methyl sites for hydroxylation is 1. The van der Waals surface area contributed by atoms with Gasteiger partial charge in [-0.05, 0) is 61.7 Å². The summed E-state index contributed by atoms with van der Waals surface area (Å²) in [5.74, 6) is -0.545. The molecule has 0 aliphatic heterocycles. The van der Waals surface area contributed by atoms with Crippen LogP contribution in [0.5, 0.6) is 0 Å². The summed E-state index contributed by atoms with van der Waals surface area (Å²) < 4.78 is 32.2. The Balaban J connectivity index is 1.94. The lowest BCUT2D eigenvalue weighted by molar-refractivity contribution is 0.0526. The van der Waals surface area contributed by atoms with E-state index in [1.165, 1.54) is 24.3 Å². The maximum atomic E-state index is 13.1. The van der Waals surface area contributed by atoms with Crippen molar-refractivity contribution in [2.75, 3.05) is 19.8 Å². The van der Waals surface area contributed by atoms with E-state index >= 15 is 0 Å². The summed E-state index contributed by atoms with van der Waals surface area (Å²) in [6.45, 7) is 3.01. The van der Waals surface area contributed by atoms with Crippen molar-refractivity contribution < 1.29 is 23.1 Å². The molecular weight excluding hydrogens is 420 g/mol. The number of hydrogen-bond acceptors (Lipinski definition) is 6. The third kappa shape index (κ3) is 5.01. The number of esters is 1. The zero-order valence-electron chi connectivity index (χ0n) is 17.3. The van der Waals surface area contributed by atoms with Gasteiger partial charge < -0.3 is 14.8 Å². The van der Waals surface area contributed by atoms with Crippen molar-refractivity contribution >= 4 is 26.9 Å². The third-order valence-corrected chi connectivity index (χ3v) is 6.64. The van der Waals surface area contributed by atoms with Crippen LogP contribution in [-0.4, -0.2) is 48.5 Å². The first-order valence-corrected chi connectivity index (χ1v) is 11.2. The first-order valence-electron chi connectivity index (χ1n) is 9.77. The summed E-state index contributed by atoms with van der Waals surface area (Å²) in [4.78, 5) is 27.0. The van der Waals surface area contributed by atoms with Gasteiger partial charge in [-0.15, -0.1) is 0 Å². The zero-order chi connectivity index (χ0) is 22.6. The van der Waals surface area contributed by atoms with Crippen LogP contribution in [0.4, 0.5) is 0 Å². The average Bonchev–Trinajstić information content (AvgIpc) is 2.74. The van der Waals surface area contributed by atoms with Crippen LogP contribution in [-0.2, 0) is 21.3 Å². The van der Waals surface area contributed by atoms with E-state index in [0.29, 0.717) is 5.52 Å². The number of nitrogens with one attached hydrogen (secondary N) is 1. The van der Waals surface area contributed by atoms with Gasteiger partial charge in [0.15, 0.2) is 0 Å². The number of nitrogens with zero attached hydrogens (tertiary/aromatic N) is 1. The second-order valence-electron chi connectivity index (χ2n) is 7.02. The topological polar surface area (TPSA) is 117 Å². The summed E-state index contributed by atoms with van der Waals surface area (Å²) in [5, 5.41) is 10.2. The number of rotatable bonds is 8. The Morgan fingerprint density at radius 1 is 1.13 bits per heavy atom. The number of aromatic amines is 1. The number of carbonyl (C=O) groups excluding carboxylic acids is 1. The minimum atomic E-state index is -4.03. The van der Waals surface area contributed by atoms with Crippen molar-refractivity contribution in [1.29, 1.82) is 0 Å². The van der Waals surface area contributed by atoms with Crippen molar-refractivity contribution in [3.8, 4) is 0 Å². The van der Waals surface area contributed by atoms with E-state index in [1.807, 2.05) is 19.1 Å². The van der Waals surface area contributed by atoms with Crippen molar-refractivity contribution in [2.24, 2.45) is 0 Å². The zero-order valence-corrected chi connectivity index (χ0v) is 18.1. The lowest BCUT2D eigenvalue weighted by Gasteiger charge is -2.21. The van der Waals surface area contributed by atoms with Crippen LogP contribution in [0.15, 0.2) is 58.2 Å². The molecule has 0 bridgehead atoms. The predicted octanol–water partition coefficient (Wildman–Crippen LogP) is 2.20.